The number of hydrogen-bond donors (Lipinski definition) is 7. The second-order valence-corrected chi connectivity index (χ2v) is 16.2. The Labute approximate surface area is 354 Å². The van der Waals surface area contributed by atoms with Gasteiger partial charge >= 0.3 is 5.97 Å². The van der Waals surface area contributed by atoms with Crippen molar-refractivity contribution in [3.63, 3.8) is 0 Å². The van der Waals surface area contributed by atoms with Crippen molar-refractivity contribution in [3.05, 3.63) is 24.3 Å². The predicted molar refractivity (Wildman–Crippen MR) is 224 cm³/mol. The SMILES string of the molecule is CCC/C=C\CCCCCCCC(=O)OC(COCCCCCCCC/C=C\CCCCCCC)COC1OC(COC2OC(CO)C(O)C(O)C2O)C(O)C(O)C1O. The lowest BCUT2D eigenvalue weighted by molar-refractivity contribution is -0.332. The minimum absolute atomic E-state index is 0.0554. The number of aliphatic hydroxyl groups is 7. The van der Waals surface area contributed by atoms with Gasteiger partial charge in [0, 0.05) is 13.0 Å². The Kier molecular flexibility index (Phi) is 30.9. The average molecular weight is 847 g/mol. The van der Waals surface area contributed by atoms with E-state index in [1.54, 1.807) is 0 Å². The molecule has 346 valence electrons. The molecule has 0 aromatic rings. The third-order valence-electron chi connectivity index (χ3n) is 10.9. The Bertz CT molecular complexity index is 1080. The van der Waals surface area contributed by atoms with Crippen LogP contribution in [0.5, 0.6) is 0 Å². The van der Waals surface area contributed by atoms with Gasteiger partial charge in [0.2, 0.25) is 0 Å². The van der Waals surface area contributed by atoms with E-state index in [1.165, 1.54) is 57.8 Å². The molecule has 0 bridgehead atoms. The first-order valence-electron chi connectivity index (χ1n) is 22.9. The van der Waals surface area contributed by atoms with Gasteiger partial charge in [-0.2, -0.15) is 0 Å². The number of rotatable bonds is 35. The normalized spacial score (nSPS) is 28.2. The molecule has 14 heteroatoms. The molecule has 0 spiro atoms. The van der Waals surface area contributed by atoms with Gasteiger partial charge in [0.25, 0.3) is 0 Å². The number of unbranched alkanes of at least 4 members (excludes halogenated alkanes) is 17. The molecule has 11 unspecified atom stereocenters. The summed E-state index contributed by atoms with van der Waals surface area (Å²) in [5, 5.41) is 71.8. The molecule has 11 atom stereocenters. The lowest BCUT2D eigenvalue weighted by Gasteiger charge is -2.42. The molecule has 2 rings (SSSR count). The highest BCUT2D eigenvalue weighted by Crippen LogP contribution is 2.26. The average Bonchev–Trinajstić information content (AvgIpc) is 3.23. The van der Waals surface area contributed by atoms with E-state index in [9.17, 15) is 40.5 Å². The lowest BCUT2D eigenvalue weighted by atomic mass is 9.98. The second-order valence-electron chi connectivity index (χ2n) is 16.2. The van der Waals surface area contributed by atoms with E-state index in [0.717, 1.165) is 70.6 Å². The Hall–Kier alpha value is -1.53. The summed E-state index contributed by atoms with van der Waals surface area (Å²) in [6.45, 7) is 3.57. The number of carbonyl (C=O) groups is 1. The van der Waals surface area contributed by atoms with Crippen molar-refractivity contribution >= 4 is 5.97 Å². The molecule has 2 aliphatic heterocycles. The largest absolute Gasteiger partial charge is 0.457 e. The quantitative estimate of drug-likeness (QED) is 0.0246. The molecule has 14 nitrogen and oxygen atoms in total. The number of carbonyl (C=O) groups excluding carboxylic acids is 1. The zero-order valence-corrected chi connectivity index (χ0v) is 36.2. The van der Waals surface area contributed by atoms with E-state index in [2.05, 4.69) is 38.2 Å². The summed E-state index contributed by atoms with van der Waals surface area (Å²) >= 11 is 0. The molecule has 0 amide bonds. The highest BCUT2D eigenvalue weighted by Gasteiger charge is 2.47. The molecule has 0 aromatic heterocycles. The predicted octanol–water partition coefficient (Wildman–Crippen LogP) is 5.29. The van der Waals surface area contributed by atoms with Crippen molar-refractivity contribution in [1.29, 1.82) is 0 Å². The smallest absolute Gasteiger partial charge is 0.306 e. The van der Waals surface area contributed by atoms with Gasteiger partial charge in [0.15, 0.2) is 12.6 Å². The van der Waals surface area contributed by atoms with E-state index in [-0.39, 0.29) is 19.6 Å². The topological polar surface area (TPSA) is 214 Å². The molecule has 0 aromatic carbocycles. The van der Waals surface area contributed by atoms with Crippen LogP contribution in [0.15, 0.2) is 24.3 Å². The van der Waals surface area contributed by atoms with Crippen molar-refractivity contribution in [2.24, 2.45) is 0 Å². The number of hydrogen-bond acceptors (Lipinski definition) is 14. The Balaban J connectivity index is 1.81. The molecule has 0 saturated carbocycles. The molecule has 2 aliphatic rings. The van der Waals surface area contributed by atoms with Crippen LogP contribution in [-0.4, -0.2) is 142 Å². The molecule has 2 heterocycles. The summed E-state index contributed by atoms with van der Waals surface area (Å²) in [5.74, 6) is -0.391. The maximum Gasteiger partial charge on any atom is 0.306 e. The number of ether oxygens (including phenoxy) is 6. The van der Waals surface area contributed by atoms with Crippen LogP contribution < -0.4 is 0 Å². The van der Waals surface area contributed by atoms with Crippen LogP contribution in [0.25, 0.3) is 0 Å². The molecular weight excluding hydrogens is 764 g/mol. The monoisotopic (exact) mass is 847 g/mol. The van der Waals surface area contributed by atoms with Crippen LogP contribution in [-0.2, 0) is 33.2 Å². The van der Waals surface area contributed by atoms with E-state index < -0.39 is 86.7 Å². The number of aliphatic hydroxyl groups excluding tert-OH is 7. The van der Waals surface area contributed by atoms with Crippen LogP contribution in [0.1, 0.15) is 155 Å². The fraction of sp³-hybridized carbons (Fsp3) is 0.889. The van der Waals surface area contributed by atoms with Gasteiger partial charge in [-0.25, -0.2) is 0 Å². The zero-order chi connectivity index (χ0) is 43.1. The Morgan fingerprint density at radius 2 is 1.03 bits per heavy atom. The summed E-state index contributed by atoms with van der Waals surface area (Å²) in [7, 11) is 0. The second kappa shape index (κ2) is 34.0. The van der Waals surface area contributed by atoms with Gasteiger partial charge in [-0.1, -0.05) is 115 Å². The van der Waals surface area contributed by atoms with Crippen LogP contribution in [0.2, 0.25) is 0 Å². The van der Waals surface area contributed by atoms with Gasteiger partial charge in [-0.15, -0.1) is 0 Å². The van der Waals surface area contributed by atoms with Crippen molar-refractivity contribution in [2.45, 2.75) is 223 Å². The van der Waals surface area contributed by atoms with E-state index in [1.807, 2.05) is 0 Å². The van der Waals surface area contributed by atoms with E-state index in [0.29, 0.717) is 13.0 Å². The van der Waals surface area contributed by atoms with Crippen molar-refractivity contribution in [1.82, 2.24) is 0 Å². The fourth-order valence-electron chi connectivity index (χ4n) is 7.10. The van der Waals surface area contributed by atoms with Crippen LogP contribution >= 0.6 is 0 Å². The molecule has 0 aliphatic carbocycles. The van der Waals surface area contributed by atoms with Gasteiger partial charge < -0.3 is 64.2 Å². The maximum atomic E-state index is 12.9. The molecular formula is C45H82O14. The molecule has 0 radical (unpaired) electrons. The van der Waals surface area contributed by atoms with Gasteiger partial charge in [0.1, 0.15) is 54.9 Å². The summed E-state index contributed by atoms with van der Waals surface area (Å²) in [5.41, 5.74) is 0. The minimum atomic E-state index is -1.71. The first-order valence-corrected chi connectivity index (χ1v) is 22.9. The molecule has 59 heavy (non-hydrogen) atoms. The Morgan fingerprint density at radius 3 is 1.61 bits per heavy atom. The number of allylic oxidation sites excluding steroid dienone is 4. The number of esters is 1. The highest BCUT2D eigenvalue weighted by molar-refractivity contribution is 5.69. The lowest BCUT2D eigenvalue weighted by Crippen LogP contribution is -2.61. The first-order chi connectivity index (χ1) is 28.6. The summed E-state index contributed by atoms with van der Waals surface area (Å²) < 4.78 is 34.1. The van der Waals surface area contributed by atoms with Crippen LogP contribution in [0.3, 0.4) is 0 Å². The first kappa shape index (κ1) is 53.6. The fourth-order valence-corrected chi connectivity index (χ4v) is 7.10. The summed E-state index contributed by atoms with van der Waals surface area (Å²) in [6.07, 6.45) is 16.8. The zero-order valence-electron chi connectivity index (χ0n) is 36.2. The Morgan fingerprint density at radius 1 is 0.542 bits per heavy atom. The molecule has 2 saturated heterocycles. The minimum Gasteiger partial charge on any atom is -0.457 e. The van der Waals surface area contributed by atoms with Gasteiger partial charge in [0.05, 0.1) is 26.4 Å². The standard InChI is InChI=1S/C45H82O14/c1-3-5-7-9-11-13-15-16-17-18-19-21-23-25-27-29-54-31-34(57-37(47)28-26-24-22-20-14-12-10-8-6-4-2)32-55-44-43(53)41(51)39(49)36(59-44)33-56-45-42(52)40(50)38(48)35(30-46)58-45/h8,10,15-16,34-36,38-46,48-53H,3-7,9,11-14,17-33H2,1-2H3/b10-8-,16-15-. The highest BCUT2D eigenvalue weighted by atomic mass is 16.7. The third-order valence-corrected chi connectivity index (χ3v) is 10.9. The van der Waals surface area contributed by atoms with Gasteiger partial charge in [-0.3, -0.25) is 4.79 Å². The van der Waals surface area contributed by atoms with Crippen molar-refractivity contribution in [2.75, 3.05) is 33.0 Å². The van der Waals surface area contributed by atoms with E-state index >= 15 is 0 Å². The van der Waals surface area contributed by atoms with Crippen LogP contribution in [0, 0.1) is 0 Å². The summed E-state index contributed by atoms with van der Waals surface area (Å²) in [6, 6.07) is 0. The maximum absolute atomic E-state index is 12.9. The molecule has 2 fully saturated rings. The van der Waals surface area contributed by atoms with Crippen LogP contribution in [0.4, 0.5) is 0 Å². The van der Waals surface area contributed by atoms with Gasteiger partial charge in [-0.05, 0) is 57.8 Å². The summed E-state index contributed by atoms with van der Waals surface area (Å²) in [4.78, 5) is 12.9. The van der Waals surface area contributed by atoms with E-state index in [4.69, 9.17) is 28.4 Å². The van der Waals surface area contributed by atoms with Crippen molar-refractivity contribution in [3.8, 4) is 0 Å². The molecule has 7 N–H and O–H groups in total. The van der Waals surface area contributed by atoms with Crippen molar-refractivity contribution < 1.29 is 69.0 Å². The third kappa shape index (κ3) is 22.9.